The second kappa shape index (κ2) is 3.90. The van der Waals surface area contributed by atoms with E-state index in [4.69, 9.17) is 5.11 Å². The number of halogens is 1. The van der Waals surface area contributed by atoms with E-state index in [0.29, 0.717) is 29.8 Å². The summed E-state index contributed by atoms with van der Waals surface area (Å²) in [5.74, 6) is -0.344. The van der Waals surface area contributed by atoms with Crippen molar-refractivity contribution in [1.82, 2.24) is 9.97 Å². The molecule has 0 atom stereocenters. The molecule has 0 spiro atoms. The summed E-state index contributed by atoms with van der Waals surface area (Å²) in [6.07, 6.45) is 2.09. The normalized spacial score (nSPS) is 15.7. The highest BCUT2D eigenvalue weighted by atomic mass is 19.1. The van der Waals surface area contributed by atoms with Crippen LogP contribution in [-0.2, 0) is 0 Å². The molecule has 5 nitrogen and oxygen atoms in total. The van der Waals surface area contributed by atoms with Gasteiger partial charge in [-0.15, -0.1) is 0 Å². The van der Waals surface area contributed by atoms with Crippen molar-refractivity contribution in [2.24, 2.45) is 0 Å². The van der Waals surface area contributed by atoms with Gasteiger partial charge >= 0.3 is 5.97 Å². The van der Waals surface area contributed by atoms with E-state index in [9.17, 15) is 9.18 Å². The minimum atomic E-state index is -1.02. The Balaban J connectivity index is 1.98. The van der Waals surface area contributed by atoms with Gasteiger partial charge in [0, 0.05) is 23.8 Å². The van der Waals surface area contributed by atoms with Crippen LogP contribution in [0, 0.1) is 0 Å². The molecule has 0 unspecified atom stereocenters. The van der Waals surface area contributed by atoms with Crippen LogP contribution in [0.3, 0.4) is 0 Å². The van der Waals surface area contributed by atoms with Gasteiger partial charge < -0.3 is 10.0 Å². The average Bonchev–Trinajstić information content (AvgIpc) is 2.33. The number of alkyl halides is 1. The minimum absolute atomic E-state index is 0.129. The van der Waals surface area contributed by atoms with Crippen LogP contribution in [0.25, 0.3) is 10.9 Å². The molecular weight excluding hydrogens is 237 g/mol. The van der Waals surface area contributed by atoms with Crippen molar-refractivity contribution in [1.29, 1.82) is 0 Å². The van der Waals surface area contributed by atoms with Crippen LogP contribution in [0.15, 0.2) is 24.5 Å². The molecule has 0 bridgehead atoms. The molecule has 0 radical (unpaired) electrons. The predicted octanol–water partition coefficient (Wildman–Crippen LogP) is 1.49. The van der Waals surface area contributed by atoms with Gasteiger partial charge in [-0.25, -0.2) is 14.2 Å². The Labute approximate surface area is 102 Å². The standard InChI is InChI=1S/C12H10FN3O2/c13-9-5-16(6-9)11-2-10-7(3-15-11)1-8(4-14-10)12(17)18/h1-4,9H,5-6H2,(H,17,18). The quantitative estimate of drug-likeness (QED) is 0.870. The van der Waals surface area contributed by atoms with E-state index in [1.165, 1.54) is 12.3 Å². The van der Waals surface area contributed by atoms with Gasteiger partial charge in [-0.2, -0.15) is 0 Å². The van der Waals surface area contributed by atoms with Gasteiger partial charge in [-0.1, -0.05) is 0 Å². The topological polar surface area (TPSA) is 66.3 Å². The first-order valence-corrected chi connectivity index (χ1v) is 5.51. The maximum Gasteiger partial charge on any atom is 0.337 e. The van der Waals surface area contributed by atoms with E-state index in [2.05, 4.69) is 9.97 Å². The highest BCUT2D eigenvalue weighted by Gasteiger charge is 2.27. The summed E-state index contributed by atoms with van der Waals surface area (Å²) in [7, 11) is 0. The number of fused-ring (bicyclic) bond motifs is 1. The summed E-state index contributed by atoms with van der Waals surface area (Å²) in [5.41, 5.74) is 0.789. The third-order valence-corrected chi connectivity index (χ3v) is 2.96. The number of anilines is 1. The Morgan fingerprint density at radius 3 is 2.78 bits per heavy atom. The lowest BCUT2D eigenvalue weighted by atomic mass is 10.1. The number of hydrogen-bond acceptors (Lipinski definition) is 4. The first-order chi connectivity index (χ1) is 8.63. The minimum Gasteiger partial charge on any atom is -0.478 e. The van der Waals surface area contributed by atoms with Crippen LogP contribution in [0.2, 0.25) is 0 Å². The molecule has 6 heteroatoms. The van der Waals surface area contributed by atoms with Crippen molar-refractivity contribution >= 4 is 22.7 Å². The van der Waals surface area contributed by atoms with Crippen molar-refractivity contribution in [3.63, 3.8) is 0 Å². The molecular formula is C12H10FN3O2. The highest BCUT2D eigenvalue weighted by molar-refractivity contribution is 5.92. The molecule has 0 aliphatic carbocycles. The number of hydrogen-bond donors (Lipinski definition) is 1. The lowest BCUT2D eigenvalue weighted by molar-refractivity contribution is 0.0696. The second-order valence-electron chi connectivity index (χ2n) is 4.27. The molecule has 1 saturated heterocycles. The molecule has 3 heterocycles. The van der Waals surface area contributed by atoms with E-state index in [1.54, 1.807) is 12.3 Å². The zero-order valence-electron chi connectivity index (χ0n) is 9.38. The largest absolute Gasteiger partial charge is 0.478 e. The fourth-order valence-corrected chi connectivity index (χ4v) is 1.91. The molecule has 0 aromatic carbocycles. The third kappa shape index (κ3) is 1.75. The summed E-state index contributed by atoms with van der Waals surface area (Å²) in [4.78, 5) is 20.9. The number of aromatic nitrogens is 2. The summed E-state index contributed by atoms with van der Waals surface area (Å²) in [6.45, 7) is 0.706. The Bertz CT molecular complexity index is 626. The predicted molar refractivity (Wildman–Crippen MR) is 63.6 cm³/mol. The van der Waals surface area contributed by atoms with Crippen LogP contribution >= 0.6 is 0 Å². The fourth-order valence-electron chi connectivity index (χ4n) is 1.91. The smallest absolute Gasteiger partial charge is 0.337 e. The van der Waals surface area contributed by atoms with Crippen molar-refractivity contribution < 1.29 is 14.3 Å². The molecule has 1 aliphatic rings. The number of aromatic carboxylic acids is 1. The van der Waals surface area contributed by atoms with E-state index in [-0.39, 0.29) is 5.56 Å². The molecule has 1 aliphatic heterocycles. The first kappa shape index (κ1) is 10.9. The van der Waals surface area contributed by atoms with Gasteiger partial charge in [0.15, 0.2) is 0 Å². The third-order valence-electron chi connectivity index (χ3n) is 2.96. The molecule has 18 heavy (non-hydrogen) atoms. The second-order valence-corrected chi connectivity index (χ2v) is 4.27. The molecule has 1 fully saturated rings. The molecule has 3 rings (SSSR count). The highest BCUT2D eigenvalue weighted by Crippen LogP contribution is 2.23. The van der Waals surface area contributed by atoms with Crippen LogP contribution in [-0.4, -0.2) is 40.3 Å². The summed E-state index contributed by atoms with van der Waals surface area (Å²) >= 11 is 0. The van der Waals surface area contributed by atoms with Gasteiger partial charge in [0.05, 0.1) is 24.2 Å². The van der Waals surface area contributed by atoms with Gasteiger partial charge in [-0.05, 0) is 6.07 Å². The molecule has 92 valence electrons. The van der Waals surface area contributed by atoms with E-state index >= 15 is 0 Å². The average molecular weight is 247 g/mol. The maximum atomic E-state index is 12.8. The number of rotatable bonds is 2. The summed E-state index contributed by atoms with van der Waals surface area (Å²) in [6, 6.07) is 3.27. The monoisotopic (exact) mass is 247 g/mol. The van der Waals surface area contributed by atoms with Crippen molar-refractivity contribution in [2.75, 3.05) is 18.0 Å². The number of nitrogens with zero attached hydrogens (tertiary/aromatic N) is 3. The zero-order chi connectivity index (χ0) is 12.7. The molecule has 0 amide bonds. The van der Waals surface area contributed by atoms with E-state index in [0.717, 1.165) is 0 Å². The Hall–Kier alpha value is -2.24. The van der Waals surface area contributed by atoms with Gasteiger partial charge in [0.2, 0.25) is 0 Å². The number of carboxylic acid groups (broad SMARTS) is 1. The number of pyridine rings is 2. The molecule has 0 saturated carbocycles. The van der Waals surface area contributed by atoms with E-state index in [1.807, 2.05) is 4.90 Å². The van der Waals surface area contributed by atoms with Gasteiger partial charge in [0.1, 0.15) is 12.0 Å². The Morgan fingerprint density at radius 1 is 1.33 bits per heavy atom. The van der Waals surface area contributed by atoms with Crippen molar-refractivity contribution in [3.8, 4) is 0 Å². The van der Waals surface area contributed by atoms with Crippen LogP contribution < -0.4 is 4.90 Å². The maximum absolute atomic E-state index is 12.8. The van der Waals surface area contributed by atoms with Crippen LogP contribution in [0.5, 0.6) is 0 Å². The van der Waals surface area contributed by atoms with Gasteiger partial charge in [-0.3, -0.25) is 4.98 Å². The summed E-state index contributed by atoms with van der Waals surface area (Å²) < 4.78 is 12.8. The zero-order valence-corrected chi connectivity index (χ0v) is 9.38. The lowest BCUT2D eigenvalue weighted by Crippen LogP contribution is -2.48. The Kier molecular flexibility index (Phi) is 2.36. The van der Waals surface area contributed by atoms with Crippen molar-refractivity contribution in [2.45, 2.75) is 6.17 Å². The first-order valence-electron chi connectivity index (χ1n) is 5.51. The molecule has 2 aromatic heterocycles. The van der Waals surface area contributed by atoms with Crippen LogP contribution in [0.4, 0.5) is 10.2 Å². The Morgan fingerprint density at radius 2 is 2.11 bits per heavy atom. The van der Waals surface area contributed by atoms with Crippen LogP contribution in [0.1, 0.15) is 10.4 Å². The van der Waals surface area contributed by atoms with Gasteiger partial charge in [0.25, 0.3) is 0 Å². The molecule has 1 N–H and O–H groups in total. The number of carbonyl (C=O) groups is 1. The SMILES string of the molecule is O=C(O)c1cnc2cc(N3CC(F)C3)ncc2c1. The number of carboxylic acids is 1. The van der Waals surface area contributed by atoms with Crippen molar-refractivity contribution in [3.05, 3.63) is 30.1 Å². The lowest BCUT2D eigenvalue weighted by Gasteiger charge is -2.35. The van der Waals surface area contributed by atoms with E-state index < -0.39 is 12.1 Å². The summed E-state index contributed by atoms with van der Waals surface area (Å²) in [5, 5.41) is 9.52. The molecule has 2 aromatic rings. The fraction of sp³-hybridized carbons (Fsp3) is 0.250.